The zero-order valence-electron chi connectivity index (χ0n) is 20.9. The highest BCUT2D eigenvalue weighted by atomic mass is 16.6. The molecule has 0 aliphatic carbocycles. The molecule has 9 nitrogen and oxygen atoms in total. The molecule has 3 aliphatic heterocycles. The van der Waals surface area contributed by atoms with Gasteiger partial charge in [-0.2, -0.15) is 0 Å². The monoisotopic (exact) mass is 496 g/mol. The summed E-state index contributed by atoms with van der Waals surface area (Å²) in [6.07, 6.45) is 3.35. The van der Waals surface area contributed by atoms with E-state index < -0.39 is 22.2 Å². The van der Waals surface area contributed by atoms with Crippen molar-refractivity contribution in [3.05, 3.63) is 69.3 Å². The number of anilines is 1. The number of nitro groups is 1. The van der Waals surface area contributed by atoms with E-state index in [0.717, 1.165) is 5.69 Å². The van der Waals surface area contributed by atoms with Crippen LogP contribution in [0.3, 0.4) is 0 Å². The minimum absolute atomic E-state index is 0.0235. The molecule has 3 heterocycles. The summed E-state index contributed by atoms with van der Waals surface area (Å²) in [6.45, 7) is 6.99. The van der Waals surface area contributed by atoms with Crippen molar-refractivity contribution < 1.29 is 28.6 Å². The zero-order valence-corrected chi connectivity index (χ0v) is 20.9. The van der Waals surface area contributed by atoms with E-state index in [1.54, 1.807) is 6.07 Å². The van der Waals surface area contributed by atoms with Gasteiger partial charge in [-0.05, 0) is 37.6 Å². The second-order valence-electron chi connectivity index (χ2n) is 9.70. The molecule has 2 unspecified atom stereocenters. The Kier molecular flexibility index (Phi) is 6.74. The first kappa shape index (κ1) is 24.7. The standard InChI is InChI=1S/C27H32N2O7/c1-26(2)22-6-4-5-7-23(22)28(3)27(26)9-8-19-16-20(29(30)31)17-21(25(19)36-27)24-18-34-13-12-32-10-11-33-14-15-35-24/h4-9,16-17,24H,10-15,18H2,1-3H3. The Morgan fingerprint density at radius 3 is 2.42 bits per heavy atom. The van der Waals surface area contributed by atoms with E-state index >= 15 is 0 Å². The van der Waals surface area contributed by atoms with Gasteiger partial charge in [0, 0.05) is 36.0 Å². The molecule has 0 radical (unpaired) electrons. The quantitative estimate of drug-likeness (QED) is 0.450. The van der Waals surface area contributed by atoms with Crippen LogP contribution in [0.25, 0.3) is 6.08 Å². The number of nitro benzene ring substituents is 1. The third-order valence-electron chi connectivity index (χ3n) is 7.33. The van der Waals surface area contributed by atoms with Gasteiger partial charge in [0.2, 0.25) is 5.72 Å². The van der Waals surface area contributed by atoms with Gasteiger partial charge in [-0.3, -0.25) is 10.1 Å². The van der Waals surface area contributed by atoms with Crippen LogP contribution in [-0.2, 0) is 24.4 Å². The molecule has 2 atom stereocenters. The highest BCUT2D eigenvalue weighted by Gasteiger charge is 2.58. The molecule has 2 aromatic rings. The molecule has 0 bridgehead atoms. The fourth-order valence-electron chi connectivity index (χ4n) is 5.35. The van der Waals surface area contributed by atoms with Crippen molar-refractivity contribution in [1.29, 1.82) is 0 Å². The van der Waals surface area contributed by atoms with Gasteiger partial charge in [0.1, 0.15) is 11.9 Å². The van der Waals surface area contributed by atoms with E-state index in [1.165, 1.54) is 11.6 Å². The van der Waals surface area contributed by atoms with E-state index in [0.29, 0.717) is 56.5 Å². The van der Waals surface area contributed by atoms with Gasteiger partial charge in [-0.15, -0.1) is 0 Å². The van der Waals surface area contributed by atoms with Gasteiger partial charge in [0.25, 0.3) is 5.69 Å². The van der Waals surface area contributed by atoms with E-state index in [-0.39, 0.29) is 12.3 Å². The van der Waals surface area contributed by atoms with Gasteiger partial charge in [-0.25, -0.2) is 0 Å². The maximum absolute atomic E-state index is 11.8. The van der Waals surface area contributed by atoms with Crippen molar-refractivity contribution in [2.75, 3.05) is 58.2 Å². The van der Waals surface area contributed by atoms with E-state index in [9.17, 15) is 10.1 Å². The molecule has 3 aliphatic rings. The molecule has 0 N–H and O–H groups in total. The summed E-state index contributed by atoms with van der Waals surface area (Å²) in [6, 6.07) is 11.3. The number of non-ortho nitro benzene ring substituents is 1. The Labute approximate surface area is 210 Å². The molecule has 36 heavy (non-hydrogen) atoms. The predicted molar refractivity (Wildman–Crippen MR) is 135 cm³/mol. The molecule has 2 aromatic carbocycles. The van der Waals surface area contributed by atoms with Crippen LogP contribution in [0.4, 0.5) is 11.4 Å². The summed E-state index contributed by atoms with van der Waals surface area (Å²) in [5.74, 6) is 0.564. The Morgan fingerprint density at radius 2 is 1.69 bits per heavy atom. The first-order chi connectivity index (χ1) is 17.3. The Hall–Kier alpha value is -2.98. The van der Waals surface area contributed by atoms with Gasteiger partial charge < -0.3 is 28.6 Å². The van der Waals surface area contributed by atoms with Crippen LogP contribution >= 0.6 is 0 Å². The Bertz CT molecular complexity index is 1150. The lowest BCUT2D eigenvalue weighted by Gasteiger charge is -2.46. The van der Waals surface area contributed by atoms with Crippen molar-refractivity contribution >= 4 is 17.5 Å². The number of benzene rings is 2. The molecular formula is C27H32N2O7. The average molecular weight is 497 g/mol. The van der Waals surface area contributed by atoms with Crippen LogP contribution < -0.4 is 9.64 Å². The summed E-state index contributed by atoms with van der Waals surface area (Å²) in [4.78, 5) is 13.5. The first-order valence-corrected chi connectivity index (χ1v) is 12.2. The van der Waals surface area contributed by atoms with Crippen LogP contribution in [0.2, 0.25) is 0 Å². The lowest BCUT2D eigenvalue weighted by atomic mass is 9.76. The van der Waals surface area contributed by atoms with Crippen molar-refractivity contribution in [2.45, 2.75) is 31.1 Å². The number of hydrogen-bond acceptors (Lipinski definition) is 8. The molecule has 5 rings (SSSR count). The average Bonchev–Trinajstić information content (AvgIpc) is 3.02. The molecule has 0 amide bonds. The van der Waals surface area contributed by atoms with E-state index in [2.05, 4.69) is 30.9 Å². The first-order valence-electron chi connectivity index (χ1n) is 12.2. The van der Waals surface area contributed by atoms with Gasteiger partial charge in [0.05, 0.1) is 56.6 Å². The molecule has 0 aromatic heterocycles. The van der Waals surface area contributed by atoms with Gasteiger partial charge in [-0.1, -0.05) is 18.2 Å². The van der Waals surface area contributed by atoms with Gasteiger partial charge in [0.15, 0.2) is 0 Å². The number of ether oxygens (including phenoxy) is 5. The van der Waals surface area contributed by atoms with Crippen molar-refractivity contribution in [2.24, 2.45) is 0 Å². The molecule has 9 heteroatoms. The number of likely N-dealkylation sites (N-methyl/N-ethyl adjacent to an activating group) is 1. The van der Waals surface area contributed by atoms with Crippen LogP contribution in [0, 0.1) is 10.1 Å². The fraction of sp³-hybridized carbons (Fsp3) is 0.481. The summed E-state index contributed by atoms with van der Waals surface area (Å²) in [7, 11) is 2.01. The summed E-state index contributed by atoms with van der Waals surface area (Å²) < 4.78 is 30.0. The molecular weight excluding hydrogens is 464 g/mol. The largest absolute Gasteiger partial charge is 0.462 e. The van der Waals surface area contributed by atoms with Crippen molar-refractivity contribution in [1.82, 2.24) is 0 Å². The number of hydrogen-bond donors (Lipinski definition) is 0. The number of nitrogens with zero attached hydrogens (tertiary/aromatic N) is 2. The Morgan fingerprint density at radius 1 is 1.00 bits per heavy atom. The summed E-state index contributed by atoms with van der Waals surface area (Å²) in [5.41, 5.74) is 2.23. The minimum Gasteiger partial charge on any atom is -0.462 e. The second kappa shape index (κ2) is 9.82. The highest BCUT2D eigenvalue weighted by Crippen LogP contribution is 2.55. The second-order valence-corrected chi connectivity index (χ2v) is 9.70. The minimum atomic E-state index is -0.822. The summed E-state index contributed by atoms with van der Waals surface area (Å²) in [5, 5.41) is 11.8. The SMILES string of the molecule is CN1c2ccccc2C(C)(C)C12C=Cc1cc([N+](=O)[O-])cc(C3COCCOCCOCCO3)c1O2. The molecule has 1 saturated heterocycles. The number of rotatable bonds is 2. The Balaban J connectivity index is 1.56. The number of fused-ring (bicyclic) bond motifs is 2. The third-order valence-corrected chi connectivity index (χ3v) is 7.33. The predicted octanol–water partition coefficient (Wildman–Crippen LogP) is 4.25. The normalized spacial score (nSPS) is 25.9. The van der Waals surface area contributed by atoms with Crippen molar-refractivity contribution in [3.63, 3.8) is 0 Å². The van der Waals surface area contributed by atoms with Gasteiger partial charge >= 0.3 is 0 Å². The van der Waals surface area contributed by atoms with Crippen LogP contribution in [0.5, 0.6) is 5.75 Å². The lowest BCUT2D eigenvalue weighted by Crippen LogP contribution is -2.58. The molecule has 1 fully saturated rings. The highest BCUT2D eigenvalue weighted by molar-refractivity contribution is 5.74. The smallest absolute Gasteiger partial charge is 0.270 e. The van der Waals surface area contributed by atoms with Crippen LogP contribution in [0.1, 0.15) is 36.6 Å². The van der Waals surface area contributed by atoms with E-state index in [1.807, 2.05) is 31.3 Å². The van der Waals surface area contributed by atoms with Crippen LogP contribution in [-0.4, -0.2) is 63.9 Å². The maximum Gasteiger partial charge on any atom is 0.270 e. The van der Waals surface area contributed by atoms with Crippen molar-refractivity contribution in [3.8, 4) is 5.75 Å². The molecule has 0 saturated carbocycles. The molecule has 192 valence electrons. The van der Waals surface area contributed by atoms with Crippen LogP contribution in [0.15, 0.2) is 42.5 Å². The third kappa shape index (κ3) is 4.16. The summed E-state index contributed by atoms with van der Waals surface area (Å²) >= 11 is 0. The fourth-order valence-corrected chi connectivity index (χ4v) is 5.35. The van der Waals surface area contributed by atoms with E-state index in [4.69, 9.17) is 23.7 Å². The number of para-hydroxylation sites is 1. The molecule has 1 spiro atoms. The zero-order chi connectivity index (χ0) is 25.3. The topological polar surface area (TPSA) is 92.5 Å². The lowest BCUT2D eigenvalue weighted by molar-refractivity contribution is -0.385. The maximum atomic E-state index is 11.8.